The largest absolute Gasteiger partial charge is 0.352 e. The van der Waals surface area contributed by atoms with Crippen LogP contribution in [0.5, 0.6) is 0 Å². The Kier molecular flexibility index (Phi) is 4.28. The van der Waals surface area contributed by atoms with Gasteiger partial charge in [0.25, 0.3) is 5.91 Å². The van der Waals surface area contributed by atoms with Gasteiger partial charge < -0.3 is 10.2 Å². The molecule has 2 aliphatic rings. The minimum Gasteiger partial charge on any atom is -0.352 e. The van der Waals surface area contributed by atoms with E-state index in [0.29, 0.717) is 18.7 Å². The lowest BCUT2D eigenvalue weighted by Gasteiger charge is -2.36. The average Bonchev–Trinajstić information content (AvgIpc) is 2.56. The molecule has 2 heterocycles. The molecule has 24 heavy (non-hydrogen) atoms. The van der Waals surface area contributed by atoms with Gasteiger partial charge in [0.1, 0.15) is 17.6 Å². The van der Waals surface area contributed by atoms with Crippen LogP contribution < -0.4 is 5.32 Å². The Bertz CT molecular complexity index is 734. The van der Waals surface area contributed by atoms with Crippen molar-refractivity contribution < 1.29 is 18.8 Å². The minimum atomic E-state index is -0.910. The van der Waals surface area contributed by atoms with Crippen LogP contribution in [0.4, 0.5) is 4.39 Å². The molecule has 1 fully saturated rings. The number of hydrogen-bond acceptors (Lipinski definition) is 4. The molecule has 0 saturated carbocycles. The zero-order valence-corrected chi connectivity index (χ0v) is 13.2. The highest BCUT2D eigenvalue weighted by Crippen LogP contribution is 2.25. The minimum absolute atomic E-state index is 0.162. The molecule has 0 radical (unpaired) electrons. The Hall–Kier alpha value is -2.77. The van der Waals surface area contributed by atoms with E-state index in [-0.39, 0.29) is 30.4 Å². The molecule has 0 aromatic heterocycles. The average molecular weight is 332 g/mol. The summed E-state index contributed by atoms with van der Waals surface area (Å²) in [6.45, 7) is 0.612. The van der Waals surface area contributed by atoms with Crippen LogP contribution in [0.2, 0.25) is 0 Å². The molecular weight excluding hydrogens is 315 g/mol. The van der Waals surface area contributed by atoms with Crippen LogP contribution in [-0.2, 0) is 14.4 Å². The molecule has 8 heteroatoms. The molecule has 1 atom stereocenters. The Balaban J connectivity index is 1.92. The molecule has 0 unspecified atom stereocenters. The van der Waals surface area contributed by atoms with Crippen LogP contribution >= 0.6 is 0 Å². The van der Waals surface area contributed by atoms with E-state index >= 15 is 0 Å². The first-order valence-corrected chi connectivity index (χ1v) is 7.65. The monoisotopic (exact) mass is 332 g/mol. The molecule has 1 saturated heterocycles. The molecule has 2 aliphatic heterocycles. The molecular formula is C16H17FN4O3. The van der Waals surface area contributed by atoms with Crippen molar-refractivity contribution in [2.75, 3.05) is 20.1 Å². The number of rotatable bonds is 2. The summed E-state index contributed by atoms with van der Waals surface area (Å²) in [5, 5.41) is 7.84. The molecule has 7 nitrogen and oxygen atoms in total. The van der Waals surface area contributed by atoms with Crippen molar-refractivity contribution in [3.8, 4) is 0 Å². The molecule has 1 aromatic rings. The van der Waals surface area contributed by atoms with E-state index in [4.69, 9.17) is 0 Å². The van der Waals surface area contributed by atoms with Crippen molar-refractivity contribution in [2.24, 2.45) is 5.10 Å². The highest BCUT2D eigenvalue weighted by Gasteiger charge is 2.37. The maximum absolute atomic E-state index is 13.5. The van der Waals surface area contributed by atoms with Gasteiger partial charge in [-0.1, -0.05) is 12.1 Å². The molecule has 3 amide bonds. The van der Waals surface area contributed by atoms with Gasteiger partial charge in [-0.25, -0.2) is 9.40 Å². The van der Waals surface area contributed by atoms with E-state index < -0.39 is 17.8 Å². The van der Waals surface area contributed by atoms with Crippen LogP contribution in [0.25, 0.3) is 0 Å². The second-order valence-electron chi connectivity index (χ2n) is 5.71. The molecule has 3 rings (SSSR count). The Morgan fingerprint density at radius 2 is 2.12 bits per heavy atom. The first-order valence-electron chi connectivity index (χ1n) is 7.65. The fourth-order valence-electron chi connectivity index (χ4n) is 2.88. The van der Waals surface area contributed by atoms with E-state index in [9.17, 15) is 18.8 Å². The van der Waals surface area contributed by atoms with E-state index in [2.05, 4.69) is 10.4 Å². The molecule has 0 spiro atoms. The van der Waals surface area contributed by atoms with Gasteiger partial charge in [-0.3, -0.25) is 14.4 Å². The maximum atomic E-state index is 13.5. The smallest absolute Gasteiger partial charge is 0.271 e. The van der Waals surface area contributed by atoms with Crippen LogP contribution in [0, 0.1) is 5.82 Å². The molecule has 0 aliphatic carbocycles. The quantitative estimate of drug-likeness (QED) is 0.853. The number of halogens is 1. The van der Waals surface area contributed by atoms with Crippen molar-refractivity contribution in [1.29, 1.82) is 0 Å². The topological polar surface area (TPSA) is 82.1 Å². The summed E-state index contributed by atoms with van der Waals surface area (Å²) in [6, 6.07) is 4.72. The number of benzene rings is 1. The van der Waals surface area contributed by atoms with Crippen LogP contribution in [0.1, 0.15) is 24.4 Å². The van der Waals surface area contributed by atoms with E-state index in [0.717, 1.165) is 5.01 Å². The lowest BCUT2D eigenvalue weighted by molar-refractivity contribution is -0.139. The summed E-state index contributed by atoms with van der Waals surface area (Å²) in [5.41, 5.74) is 0.634. The van der Waals surface area contributed by atoms with Crippen molar-refractivity contribution in [2.45, 2.75) is 18.9 Å². The third kappa shape index (κ3) is 2.99. The summed E-state index contributed by atoms with van der Waals surface area (Å²) in [4.78, 5) is 38.0. The van der Waals surface area contributed by atoms with Gasteiger partial charge in [-0.2, -0.15) is 5.10 Å². The number of nitrogens with one attached hydrogen (secondary N) is 1. The second kappa shape index (κ2) is 6.38. The lowest BCUT2D eigenvalue weighted by Crippen LogP contribution is -2.54. The summed E-state index contributed by atoms with van der Waals surface area (Å²) >= 11 is 0. The number of carbonyl (C=O) groups excluding carboxylic acids is 3. The normalized spacial score (nSPS) is 21.4. The Morgan fingerprint density at radius 3 is 2.83 bits per heavy atom. The van der Waals surface area contributed by atoms with Crippen LogP contribution in [-0.4, -0.2) is 53.5 Å². The number of piperazine rings is 1. The SMILES string of the molecule is CN1N=C(C(=O)N2CCNC(=O)[C@@H]2c2cccc(F)c2)CCC1=O. The zero-order valence-electron chi connectivity index (χ0n) is 13.2. The van der Waals surface area contributed by atoms with Crippen LogP contribution in [0.3, 0.4) is 0 Å². The molecule has 126 valence electrons. The van der Waals surface area contributed by atoms with Gasteiger partial charge in [-0.05, 0) is 17.7 Å². The van der Waals surface area contributed by atoms with E-state index in [1.54, 1.807) is 6.07 Å². The first-order chi connectivity index (χ1) is 11.5. The Morgan fingerprint density at radius 1 is 1.33 bits per heavy atom. The van der Waals surface area contributed by atoms with E-state index in [1.807, 2.05) is 0 Å². The predicted octanol–water partition coefficient (Wildman–Crippen LogP) is 0.433. The third-order valence-electron chi connectivity index (χ3n) is 4.09. The highest BCUT2D eigenvalue weighted by atomic mass is 19.1. The van der Waals surface area contributed by atoms with E-state index in [1.165, 1.54) is 30.1 Å². The fourth-order valence-corrected chi connectivity index (χ4v) is 2.88. The summed E-state index contributed by atoms with van der Waals surface area (Å²) in [6.07, 6.45) is 0.432. The maximum Gasteiger partial charge on any atom is 0.271 e. The number of nitrogens with zero attached hydrogens (tertiary/aromatic N) is 3. The predicted molar refractivity (Wildman–Crippen MR) is 83.3 cm³/mol. The number of hydrogen-bond donors (Lipinski definition) is 1. The molecule has 1 N–H and O–H groups in total. The third-order valence-corrected chi connectivity index (χ3v) is 4.09. The zero-order chi connectivity index (χ0) is 17.3. The Labute approximate surface area is 138 Å². The van der Waals surface area contributed by atoms with Crippen molar-refractivity contribution in [3.63, 3.8) is 0 Å². The van der Waals surface area contributed by atoms with Gasteiger partial charge >= 0.3 is 0 Å². The fraction of sp³-hybridized carbons (Fsp3) is 0.375. The molecule has 0 bridgehead atoms. The molecule has 1 aromatic carbocycles. The van der Waals surface area contributed by atoms with Gasteiger partial charge in [0.2, 0.25) is 11.8 Å². The summed E-state index contributed by atoms with van der Waals surface area (Å²) in [5.74, 6) is -1.40. The number of amides is 3. The summed E-state index contributed by atoms with van der Waals surface area (Å²) < 4.78 is 13.5. The first kappa shape index (κ1) is 16.1. The standard InChI is InChI=1S/C16H17FN4O3/c1-20-13(22)6-5-12(19-20)16(24)21-8-7-18-15(23)14(21)10-3-2-4-11(17)9-10/h2-4,9,14H,5-8H2,1H3,(H,18,23)/t14-/m0/s1. The van der Waals surface area contributed by atoms with Crippen molar-refractivity contribution >= 4 is 23.4 Å². The van der Waals surface area contributed by atoms with Crippen molar-refractivity contribution in [1.82, 2.24) is 15.2 Å². The lowest BCUT2D eigenvalue weighted by atomic mass is 10.0. The van der Waals surface area contributed by atoms with Crippen LogP contribution in [0.15, 0.2) is 29.4 Å². The van der Waals surface area contributed by atoms with Gasteiger partial charge in [-0.15, -0.1) is 0 Å². The number of hydrazone groups is 1. The highest BCUT2D eigenvalue weighted by molar-refractivity contribution is 6.39. The van der Waals surface area contributed by atoms with Crippen molar-refractivity contribution in [3.05, 3.63) is 35.6 Å². The van der Waals surface area contributed by atoms with Gasteiger partial charge in [0.05, 0.1) is 0 Å². The van der Waals surface area contributed by atoms with Gasteiger partial charge in [0.15, 0.2) is 0 Å². The van der Waals surface area contributed by atoms with Gasteiger partial charge in [0, 0.05) is 33.0 Å². The summed E-state index contributed by atoms with van der Waals surface area (Å²) in [7, 11) is 1.49. The second-order valence-corrected chi connectivity index (χ2v) is 5.71. The number of carbonyl (C=O) groups is 3.